The maximum atomic E-state index is 9.23. The zero-order valence-electron chi connectivity index (χ0n) is 12.8. The molecule has 1 aromatic rings. The van der Waals surface area contributed by atoms with E-state index in [1.165, 1.54) is 22.3 Å². The number of nitrogens with one attached hydrogen (secondary N) is 1. The zero-order valence-corrected chi connectivity index (χ0v) is 12.8. The molecule has 0 bridgehead atoms. The third kappa shape index (κ3) is 4.03. The summed E-state index contributed by atoms with van der Waals surface area (Å²) in [4.78, 5) is 0. The van der Waals surface area contributed by atoms with Gasteiger partial charge >= 0.3 is 0 Å². The van der Waals surface area contributed by atoms with E-state index in [9.17, 15) is 5.11 Å². The van der Waals surface area contributed by atoms with Gasteiger partial charge in [-0.05, 0) is 55.9 Å². The number of rotatable bonds is 6. The van der Waals surface area contributed by atoms with Crippen molar-refractivity contribution in [2.24, 2.45) is 11.7 Å². The Bertz CT molecular complexity index is 417. The molecule has 0 saturated carbocycles. The number of aliphatic hydroxyl groups is 1. The van der Waals surface area contributed by atoms with Gasteiger partial charge in [-0.2, -0.15) is 0 Å². The molecule has 4 N–H and O–H groups in total. The molecular formula is C16H28N2O. The Labute approximate surface area is 117 Å². The molecule has 3 nitrogen and oxygen atoms in total. The summed E-state index contributed by atoms with van der Waals surface area (Å²) < 4.78 is 0. The first-order chi connectivity index (χ1) is 8.90. The first-order valence-electron chi connectivity index (χ1n) is 7.05. The minimum absolute atomic E-state index is 0.142. The largest absolute Gasteiger partial charge is 0.396 e. The van der Waals surface area contributed by atoms with Crippen molar-refractivity contribution in [1.29, 1.82) is 0 Å². The molecule has 1 aromatic carbocycles. The molecule has 3 unspecified atom stereocenters. The minimum Gasteiger partial charge on any atom is -0.396 e. The fraction of sp³-hybridized carbons (Fsp3) is 0.625. The SMILES string of the molecule is Cc1cc(C)c(C(CN)NC(C)C(C)CO)cc1C. The van der Waals surface area contributed by atoms with Crippen molar-refractivity contribution in [2.45, 2.75) is 46.7 Å². The molecule has 0 aliphatic heterocycles. The molecule has 0 radical (unpaired) electrons. The number of benzene rings is 1. The standard InChI is InChI=1S/C16H28N2O/c1-10-6-12(3)15(7-11(10)2)16(8-17)18-14(5)13(4)9-19/h6-7,13-14,16,18-19H,8-9,17H2,1-5H3. The Morgan fingerprint density at radius 3 is 2.21 bits per heavy atom. The summed E-state index contributed by atoms with van der Waals surface area (Å²) in [6.07, 6.45) is 0. The van der Waals surface area contributed by atoms with Gasteiger partial charge in [-0.25, -0.2) is 0 Å². The van der Waals surface area contributed by atoms with E-state index in [1.807, 2.05) is 6.92 Å². The first kappa shape index (κ1) is 16.2. The zero-order chi connectivity index (χ0) is 14.6. The molecule has 0 spiro atoms. The van der Waals surface area contributed by atoms with Crippen LogP contribution in [0.5, 0.6) is 0 Å². The maximum absolute atomic E-state index is 9.23. The van der Waals surface area contributed by atoms with Crippen LogP contribution in [0, 0.1) is 26.7 Å². The quantitative estimate of drug-likeness (QED) is 0.738. The smallest absolute Gasteiger partial charge is 0.0471 e. The summed E-state index contributed by atoms with van der Waals surface area (Å²) in [5.74, 6) is 0.223. The van der Waals surface area contributed by atoms with Gasteiger partial charge in [0.25, 0.3) is 0 Å². The lowest BCUT2D eigenvalue weighted by atomic mass is 9.94. The Balaban J connectivity index is 2.94. The molecule has 1 rings (SSSR count). The lowest BCUT2D eigenvalue weighted by molar-refractivity contribution is 0.201. The van der Waals surface area contributed by atoms with Crippen LogP contribution >= 0.6 is 0 Å². The number of hydrogen-bond acceptors (Lipinski definition) is 3. The predicted octanol–water partition coefficient (Wildman–Crippen LogP) is 2.22. The molecule has 0 aliphatic rings. The number of aryl methyl sites for hydroxylation is 3. The van der Waals surface area contributed by atoms with E-state index < -0.39 is 0 Å². The van der Waals surface area contributed by atoms with Crippen LogP contribution < -0.4 is 11.1 Å². The Kier molecular flexibility index (Phi) is 5.98. The van der Waals surface area contributed by atoms with Gasteiger partial charge in [-0.15, -0.1) is 0 Å². The van der Waals surface area contributed by atoms with Crippen LogP contribution in [0.2, 0.25) is 0 Å². The van der Waals surface area contributed by atoms with Crippen molar-refractivity contribution in [3.05, 3.63) is 34.4 Å². The van der Waals surface area contributed by atoms with Gasteiger partial charge in [0.15, 0.2) is 0 Å². The number of aliphatic hydroxyl groups excluding tert-OH is 1. The third-order valence-corrected chi connectivity index (χ3v) is 4.10. The molecule has 108 valence electrons. The van der Waals surface area contributed by atoms with Crippen molar-refractivity contribution < 1.29 is 5.11 Å². The van der Waals surface area contributed by atoms with E-state index in [-0.39, 0.29) is 24.6 Å². The summed E-state index contributed by atoms with van der Waals surface area (Å²) >= 11 is 0. The predicted molar refractivity (Wildman–Crippen MR) is 81.3 cm³/mol. The Hall–Kier alpha value is -0.900. The highest BCUT2D eigenvalue weighted by Crippen LogP contribution is 2.22. The first-order valence-corrected chi connectivity index (χ1v) is 7.05. The number of hydrogen-bond donors (Lipinski definition) is 3. The average molecular weight is 264 g/mol. The van der Waals surface area contributed by atoms with Crippen molar-refractivity contribution in [1.82, 2.24) is 5.32 Å². The van der Waals surface area contributed by atoms with Crippen molar-refractivity contribution >= 4 is 0 Å². The molecule has 0 saturated heterocycles. The molecule has 0 heterocycles. The van der Waals surface area contributed by atoms with Crippen LogP contribution in [0.4, 0.5) is 0 Å². The van der Waals surface area contributed by atoms with Gasteiger partial charge < -0.3 is 16.2 Å². The van der Waals surface area contributed by atoms with Gasteiger partial charge in [0.2, 0.25) is 0 Å². The highest BCUT2D eigenvalue weighted by molar-refractivity contribution is 5.38. The Morgan fingerprint density at radius 1 is 1.11 bits per heavy atom. The van der Waals surface area contributed by atoms with Gasteiger partial charge in [0, 0.05) is 25.2 Å². The average Bonchev–Trinajstić information content (AvgIpc) is 2.39. The van der Waals surface area contributed by atoms with Gasteiger partial charge in [0.1, 0.15) is 0 Å². The second-order valence-corrected chi connectivity index (χ2v) is 5.70. The molecule has 0 aromatic heterocycles. The fourth-order valence-electron chi connectivity index (χ4n) is 2.28. The van der Waals surface area contributed by atoms with Crippen LogP contribution in [-0.4, -0.2) is 24.3 Å². The summed E-state index contributed by atoms with van der Waals surface area (Å²) in [5.41, 5.74) is 11.1. The lowest BCUT2D eigenvalue weighted by Crippen LogP contribution is -2.40. The molecule has 0 aliphatic carbocycles. The second-order valence-electron chi connectivity index (χ2n) is 5.70. The van der Waals surface area contributed by atoms with Crippen molar-refractivity contribution in [2.75, 3.05) is 13.2 Å². The molecule has 0 amide bonds. The second kappa shape index (κ2) is 7.04. The lowest BCUT2D eigenvalue weighted by Gasteiger charge is -2.27. The normalized spacial score (nSPS) is 16.2. The van der Waals surface area contributed by atoms with E-state index in [0.717, 1.165) is 0 Å². The Morgan fingerprint density at radius 2 is 1.68 bits per heavy atom. The third-order valence-electron chi connectivity index (χ3n) is 4.10. The maximum Gasteiger partial charge on any atom is 0.0471 e. The summed E-state index contributed by atoms with van der Waals surface area (Å²) in [7, 11) is 0. The highest BCUT2D eigenvalue weighted by atomic mass is 16.3. The molecule has 3 atom stereocenters. The molecule has 0 fully saturated rings. The number of nitrogens with two attached hydrogens (primary N) is 1. The van der Waals surface area contributed by atoms with Crippen LogP contribution in [0.1, 0.15) is 42.1 Å². The highest BCUT2D eigenvalue weighted by Gasteiger charge is 2.18. The monoisotopic (exact) mass is 264 g/mol. The summed E-state index contributed by atoms with van der Waals surface area (Å²) in [6, 6.07) is 4.82. The van der Waals surface area contributed by atoms with Gasteiger partial charge in [0.05, 0.1) is 0 Å². The van der Waals surface area contributed by atoms with Crippen molar-refractivity contribution in [3.63, 3.8) is 0 Å². The van der Waals surface area contributed by atoms with Gasteiger partial charge in [-0.1, -0.05) is 19.1 Å². The van der Waals surface area contributed by atoms with Crippen LogP contribution in [0.3, 0.4) is 0 Å². The van der Waals surface area contributed by atoms with Gasteiger partial charge in [-0.3, -0.25) is 0 Å². The van der Waals surface area contributed by atoms with Crippen LogP contribution in [0.25, 0.3) is 0 Å². The van der Waals surface area contributed by atoms with E-state index in [0.29, 0.717) is 6.54 Å². The van der Waals surface area contributed by atoms with Crippen LogP contribution in [-0.2, 0) is 0 Å². The van der Waals surface area contributed by atoms with E-state index in [1.54, 1.807) is 0 Å². The van der Waals surface area contributed by atoms with E-state index in [2.05, 4.69) is 45.1 Å². The molecule has 19 heavy (non-hydrogen) atoms. The van der Waals surface area contributed by atoms with E-state index >= 15 is 0 Å². The summed E-state index contributed by atoms with van der Waals surface area (Å²) in [5, 5.41) is 12.8. The minimum atomic E-state index is 0.142. The topological polar surface area (TPSA) is 58.3 Å². The molecule has 3 heteroatoms. The fourth-order valence-corrected chi connectivity index (χ4v) is 2.28. The van der Waals surface area contributed by atoms with Crippen LogP contribution in [0.15, 0.2) is 12.1 Å². The molecular weight excluding hydrogens is 236 g/mol. The summed E-state index contributed by atoms with van der Waals surface area (Å²) in [6.45, 7) is 11.3. The van der Waals surface area contributed by atoms with Crippen molar-refractivity contribution in [3.8, 4) is 0 Å². The van der Waals surface area contributed by atoms with E-state index in [4.69, 9.17) is 5.73 Å².